The van der Waals surface area contributed by atoms with Gasteiger partial charge in [-0.2, -0.15) is 15.3 Å². The zero-order valence-corrected chi connectivity index (χ0v) is 23.6. The Morgan fingerprint density at radius 3 is 2.03 bits per heavy atom. The minimum absolute atomic E-state index is 0. The number of aromatic carboxylic acids is 1. The summed E-state index contributed by atoms with van der Waals surface area (Å²) in [6, 6.07) is 6.85. The van der Waals surface area contributed by atoms with E-state index in [9.17, 15) is 43.2 Å². The number of benzene rings is 3. The van der Waals surface area contributed by atoms with E-state index in [0.29, 0.717) is 11.6 Å². The quantitative estimate of drug-likeness (QED) is 0.118. The molecule has 0 aliphatic heterocycles. The number of azo groups is 2. The van der Waals surface area contributed by atoms with Gasteiger partial charge >= 0.3 is 41.2 Å². The van der Waals surface area contributed by atoms with Gasteiger partial charge in [0.1, 0.15) is 37.8 Å². The Bertz CT molecular complexity index is 1640. The van der Waals surface area contributed by atoms with E-state index < -0.39 is 43.1 Å². The molecule has 0 amide bonds. The van der Waals surface area contributed by atoms with Gasteiger partial charge in [-0.25, -0.2) is 13.2 Å². The SMILES string of the molecule is COc1cc(N=Nc2cc([N+](=O)[O-])c(O)c(S(=O)(=O)[O-])c2)c(C)cc1N=Nc1cc(C)c(O)c(C(=O)O)c1.[Na+]. The molecule has 0 aromatic heterocycles. The van der Waals surface area contributed by atoms with Crippen molar-refractivity contribution < 1.29 is 72.3 Å². The van der Waals surface area contributed by atoms with Gasteiger partial charge in [0.2, 0.25) is 5.75 Å². The second kappa shape index (κ2) is 12.3. The molecule has 0 aliphatic carbocycles. The van der Waals surface area contributed by atoms with Crippen molar-refractivity contribution in [2.24, 2.45) is 20.5 Å². The predicted molar refractivity (Wildman–Crippen MR) is 129 cm³/mol. The van der Waals surface area contributed by atoms with Gasteiger partial charge in [0.15, 0.2) is 0 Å². The van der Waals surface area contributed by atoms with Gasteiger partial charge in [-0.15, -0.1) is 5.11 Å². The maximum Gasteiger partial charge on any atom is 1.00 e. The summed E-state index contributed by atoms with van der Waals surface area (Å²) < 4.78 is 39.5. The molecule has 0 bridgehead atoms. The van der Waals surface area contributed by atoms with Crippen molar-refractivity contribution >= 4 is 44.5 Å². The number of hydrogen-bond donors (Lipinski definition) is 3. The second-order valence-corrected chi connectivity index (χ2v) is 9.05. The Hall–Kier alpha value is -3.96. The molecule has 0 heterocycles. The van der Waals surface area contributed by atoms with Crippen molar-refractivity contribution in [1.29, 1.82) is 0 Å². The molecule has 3 N–H and O–H groups in total. The van der Waals surface area contributed by atoms with E-state index in [1.165, 1.54) is 32.2 Å². The van der Waals surface area contributed by atoms with Gasteiger partial charge in [-0.05, 0) is 49.2 Å². The molecule has 0 spiro atoms. The molecule has 3 aromatic carbocycles. The third-order valence-corrected chi connectivity index (χ3v) is 5.91. The number of phenolic OH excluding ortho intramolecular Hbond substituents is 1. The number of ether oxygens (including phenoxy) is 1. The van der Waals surface area contributed by atoms with Gasteiger partial charge in [0, 0.05) is 12.1 Å². The first-order valence-electron chi connectivity index (χ1n) is 10.3. The molecule has 0 fully saturated rings. The molecular formula is C22H18N5NaO10S. The van der Waals surface area contributed by atoms with E-state index in [4.69, 9.17) is 4.74 Å². The number of methoxy groups -OCH3 is 1. The fourth-order valence-electron chi connectivity index (χ4n) is 3.18. The molecule has 0 saturated carbocycles. The summed E-state index contributed by atoms with van der Waals surface area (Å²) in [5.41, 5.74) is -0.496. The monoisotopic (exact) mass is 567 g/mol. The number of nitro groups is 1. The number of carboxylic acid groups (broad SMARTS) is 1. The first-order chi connectivity index (χ1) is 17.7. The van der Waals surface area contributed by atoms with Crippen molar-refractivity contribution in [2.45, 2.75) is 18.7 Å². The van der Waals surface area contributed by atoms with E-state index in [1.807, 2.05) is 0 Å². The first-order valence-corrected chi connectivity index (χ1v) is 11.7. The summed E-state index contributed by atoms with van der Waals surface area (Å²) in [4.78, 5) is 20.2. The molecule has 0 atom stereocenters. The Balaban J connectivity index is 0.00000533. The Kier molecular flexibility index (Phi) is 9.83. The second-order valence-electron chi connectivity index (χ2n) is 7.70. The van der Waals surface area contributed by atoms with E-state index in [1.54, 1.807) is 6.92 Å². The average molecular weight is 567 g/mol. The van der Waals surface area contributed by atoms with E-state index >= 15 is 0 Å². The number of carboxylic acids is 1. The molecule has 0 radical (unpaired) electrons. The zero-order valence-electron chi connectivity index (χ0n) is 20.8. The van der Waals surface area contributed by atoms with E-state index in [-0.39, 0.29) is 69.2 Å². The smallest absolute Gasteiger partial charge is 0.744 e. The molecule has 17 heteroatoms. The van der Waals surface area contributed by atoms with Crippen molar-refractivity contribution in [2.75, 3.05) is 7.11 Å². The van der Waals surface area contributed by atoms with Crippen LogP contribution >= 0.6 is 0 Å². The third-order valence-electron chi connectivity index (χ3n) is 5.07. The molecule has 0 unspecified atom stereocenters. The maximum atomic E-state index is 11.4. The van der Waals surface area contributed by atoms with Crippen molar-refractivity contribution in [3.63, 3.8) is 0 Å². The number of nitrogens with zero attached hydrogens (tertiary/aromatic N) is 5. The molecule has 15 nitrogen and oxygen atoms in total. The first kappa shape index (κ1) is 31.3. The van der Waals surface area contributed by atoms with Gasteiger partial charge < -0.3 is 24.6 Å². The van der Waals surface area contributed by atoms with E-state index in [0.717, 1.165) is 12.1 Å². The molecule has 198 valence electrons. The number of aromatic hydroxyl groups is 2. The normalized spacial score (nSPS) is 11.5. The number of aryl methyl sites for hydroxylation is 2. The summed E-state index contributed by atoms with van der Waals surface area (Å²) in [5.74, 6) is -2.89. The number of phenols is 2. The van der Waals surface area contributed by atoms with Crippen LogP contribution in [0.3, 0.4) is 0 Å². The molecule has 3 aromatic rings. The van der Waals surface area contributed by atoms with Gasteiger partial charge in [0.25, 0.3) is 0 Å². The van der Waals surface area contributed by atoms with Crippen LogP contribution in [0.1, 0.15) is 21.5 Å². The minimum atomic E-state index is -5.26. The van der Waals surface area contributed by atoms with Crippen LogP contribution in [0.25, 0.3) is 0 Å². The molecule has 0 aliphatic rings. The van der Waals surface area contributed by atoms with Crippen LogP contribution in [-0.4, -0.2) is 46.3 Å². The van der Waals surface area contributed by atoms with Gasteiger partial charge in [-0.1, -0.05) is 0 Å². The molecule has 39 heavy (non-hydrogen) atoms. The summed E-state index contributed by atoms with van der Waals surface area (Å²) in [5, 5.41) is 55.8. The van der Waals surface area contributed by atoms with Crippen molar-refractivity contribution in [1.82, 2.24) is 0 Å². The number of nitro benzene ring substituents is 1. The fraction of sp³-hybridized carbons (Fsp3) is 0.136. The largest absolute Gasteiger partial charge is 1.00 e. The number of rotatable bonds is 8. The van der Waals surface area contributed by atoms with Crippen LogP contribution in [0, 0.1) is 24.0 Å². The minimum Gasteiger partial charge on any atom is -0.744 e. The summed E-state index contributed by atoms with van der Waals surface area (Å²) in [7, 11) is -3.93. The summed E-state index contributed by atoms with van der Waals surface area (Å²) in [6.07, 6.45) is 0. The Morgan fingerprint density at radius 2 is 1.49 bits per heavy atom. The standard InChI is InChI=1S/C22H19N5O10S.Na/c1-10-5-16(26-23-12-4-11(2)20(28)14(6-12)22(30)31)18(37-3)9-15(10)25-24-13-7-17(27(32)33)21(29)19(8-13)38(34,35)36;/h4-9,28-29H,1-3H3,(H,30,31)(H,34,35,36);/q;+1/p-1. The topological polar surface area (TPSA) is 237 Å². The van der Waals surface area contributed by atoms with Crippen LogP contribution in [-0.2, 0) is 10.1 Å². The Morgan fingerprint density at radius 1 is 0.897 bits per heavy atom. The fourth-order valence-corrected chi connectivity index (χ4v) is 3.79. The maximum absolute atomic E-state index is 11.4. The van der Waals surface area contributed by atoms with Crippen molar-refractivity contribution in [3.05, 3.63) is 63.2 Å². The predicted octanol–water partition coefficient (Wildman–Crippen LogP) is 2.07. The average Bonchev–Trinajstić information content (AvgIpc) is 2.83. The Labute approximate surface area is 242 Å². The third kappa shape index (κ3) is 7.12. The van der Waals surface area contributed by atoms with E-state index in [2.05, 4.69) is 20.5 Å². The van der Waals surface area contributed by atoms with Crippen LogP contribution < -0.4 is 34.3 Å². The molecule has 0 saturated heterocycles. The zero-order chi connectivity index (χ0) is 28.4. The van der Waals surface area contributed by atoms with Gasteiger partial charge in [-0.3, -0.25) is 10.1 Å². The molecule has 3 rings (SSSR count). The summed E-state index contributed by atoms with van der Waals surface area (Å²) >= 11 is 0. The van der Waals surface area contributed by atoms with Crippen LogP contribution in [0.2, 0.25) is 0 Å². The van der Waals surface area contributed by atoms with Crippen molar-refractivity contribution in [3.8, 4) is 17.2 Å². The van der Waals surface area contributed by atoms with Gasteiger partial charge in [0.05, 0.1) is 29.1 Å². The van der Waals surface area contributed by atoms with Crippen LogP contribution in [0.5, 0.6) is 17.2 Å². The number of hydrogen-bond acceptors (Lipinski definition) is 13. The summed E-state index contributed by atoms with van der Waals surface area (Å²) in [6.45, 7) is 3.11. The van der Waals surface area contributed by atoms with Crippen LogP contribution in [0.15, 0.2) is 61.8 Å². The number of carbonyl (C=O) groups is 1. The molecular weight excluding hydrogens is 549 g/mol. The van der Waals surface area contributed by atoms with Crippen LogP contribution in [0.4, 0.5) is 28.4 Å².